The van der Waals surface area contributed by atoms with Gasteiger partial charge in [0.2, 0.25) is 0 Å². The zero-order valence-corrected chi connectivity index (χ0v) is 10.4. The first-order valence-corrected chi connectivity index (χ1v) is 6.60. The predicted octanol–water partition coefficient (Wildman–Crippen LogP) is 3.10. The van der Waals surface area contributed by atoms with E-state index in [-0.39, 0.29) is 5.82 Å². The molecule has 1 aromatic carbocycles. The second-order valence-corrected chi connectivity index (χ2v) is 4.80. The highest BCUT2D eigenvalue weighted by molar-refractivity contribution is 7.90. The maximum absolute atomic E-state index is 12.7. The molecule has 0 radical (unpaired) electrons. The Morgan fingerprint density at radius 1 is 1.38 bits per heavy atom. The molecule has 0 aliphatic rings. The van der Waals surface area contributed by atoms with Crippen molar-refractivity contribution < 1.29 is 8.94 Å². The van der Waals surface area contributed by atoms with E-state index in [1.807, 2.05) is 6.92 Å². The van der Waals surface area contributed by atoms with E-state index in [1.54, 1.807) is 19.1 Å². The third kappa shape index (κ3) is 4.33. The quantitative estimate of drug-likeness (QED) is 0.576. The summed E-state index contributed by atoms with van der Waals surface area (Å²) in [6.07, 6.45) is 1.92. The fourth-order valence-corrected chi connectivity index (χ4v) is 2.25. The molecule has 0 amide bonds. The molecule has 0 heterocycles. The standard InChI is InChI=1S/C12H16FNOS/c1-3-4-9-16(15)14-10(2)11-5-7-12(13)8-6-11/h5-8H,3-4,9H2,1-2H3. The van der Waals surface area contributed by atoms with E-state index in [0.717, 1.165) is 18.4 Å². The first-order valence-electron chi connectivity index (χ1n) is 5.33. The van der Waals surface area contributed by atoms with Crippen molar-refractivity contribution in [3.05, 3.63) is 35.6 Å². The van der Waals surface area contributed by atoms with E-state index in [1.165, 1.54) is 12.1 Å². The molecule has 0 spiro atoms. The van der Waals surface area contributed by atoms with Gasteiger partial charge in [-0.15, -0.1) is 0 Å². The molecule has 2 nitrogen and oxygen atoms in total. The van der Waals surface area contributed by atoms with Gasteiger partial charge in [0.1, 0.15) is 11.6 Å². The van der Waals surface area contributed by atoms with E-state index in [2.05, 4.69) is 4.40 Å². The summed E-state index contributed by atoms with van der Waals surface area (Å²) in [6.45, 7) is 3.84. The van der Waals surface area contributed by atoms with Gasteiger partial charge in [-0.2, -0.15) is 0 Å². The number of rotatable bonds is 5. The van der Waals surface area contributed by atoms with Gasteiger partial charge >= 0.3 is 0 Å². The summed E-state index contributed by atoms with van der Waals surface area (Å²) in [6, 6.07) is 6.04. The molecule has 0 aliphatic heterocycles. The molecule has 0 N–H and O–H groups in total. The molecular weight excluding hydrogens is 225 g/mol. The van der Waals surface area contributed by atoms with Crippen LogP contribution in [0.15, 0.2) is 28.7 Å². The molecule has 0 bridgehead atoms. The summed E-state index contributed by atoms with van der Waals surface area (Å²) in [5.74, 6) is 0.318. The topological polar surface area (TPSA) is 35.4 Å². The Kier molecular flexibility index (Phi) is 5.49. The van der Waals surface area contributed by atoms with Gasteiger partial charge in [-0.05, 0) is 25.5 Å². The van der Waals surface area contributed by atoms with E-state index < -0.39 is 11.4 Å². The predicted molar refractivity (Wildman–Crippen MR) is 66.5 cm³/mol. The smallest absolute Gasteiger partial charge is 0.133 e. The molecule has 0 saturated heterocycles. The first kappa shape index (κ1) is 13.2. The SMILES string of the molecule is CCCC[S+]([O-])N=C(C)c1ccc(F)cc1. The van der Waals surface area contributed by atoms with Crippen LogP contribution in [-0.2, 0) is 11.4 Å². The van der Waals surface area contributed by atoms with E-state index in [9.17, 15) is 8.94 Å². The molecule has 88 valence electrons. The van der Waals surface area contributed by atoms with Gasteiger partial charge in [0.05, 0.1) is 17.1 Å². The number of nitrogens with zero attached hydrogens (tertiary/aromatic N) is 1. The number of halogens is 1. The highest BCUT2D eigenvalue weighted by atomic mass is 32.2. The van der Waals surface area contributed by atoms with Crippen molar-refractivity contribution in [1.82, 2.24) is 0 Å². The van der Waals surface area contributed by atoms with Gasteiger partial charge in [0.15, 0.2) is 0 Å². The summed E-state index contributed by atoms with van der Waals surface area (Å²) in [7, 11) is 0. The Hall–Kier alpha value is -0.870. The Bertz CT molecular complexity index is 351. The van der Waals surface area contributed by atoms with Gasteiger partial charge in [0, 0.05) is 5.56 Å². The van der Waals surface area contributed by atoms with Gasteiger partial charge in [-0.1, -0.05) is 29.9 Å². The summed E-state index contributed by atoms with van der Waals surface area (Å²) in [5.41, 5.74) is 1.50. The van der Waals surface area contributed by atoms with Crippen molar-refractivity contribution in [3.63, 3.8) is 0 Å². The van der Waals surface area contributed by atoms with Crippen molar-refractivity contribution in [3.8, 4) is 0 Å². The molecule has 16 heavy (non-hydrogen) atoms. The molecule has 0 aromatic heterocycles. The third-order valence-corrected chi connectivity index (χ3v) is 3.29. The van der Waals surface area contributed by atoms with Gasteiger partial charge in [0.25, 0.3) is 0 Å². The van der Waals surface area contributed by atoms with Gasteiger partial charge in [-0.25, -0.2) is 4.39 Å². The Morgan fingerprint density at radius 2 is 2.00 bits per heavy atom. The molecule has 0 fully saturated rings. The van der Waals surface area contributed by atoms with Crippen molar-refractivity contribution in [1.29, 1.82) is 0 Å². The van der Waals surface area contributed by atoms with Crippen LogP contribution in [0.2, 0.25) is 0 Å². The number of hydrogen-bond acceptors (Lipinski definition) is 2. The molecule has 1 rings (SSSR count). The van der Waals surface area contributed by atoms with Crippen molar-refractivity contribution >= 4 is 17.1 Å². The molecular formula is C12H16FNOS. The van der Waals surface area contributed by atoms with E-state index >= 15 is 0 Å². The highest BCUT2D eigenvalue weighted by Gasteiger charge is 2.06. The van der Waals surface area contributed by atoms with Crippen LogP contribution in [0.5, 0.6) is 0 Å². The van der Waals surface area contributed by atoms with Crippen molar-refractivity contribution in [2.24, 2.45) is 4.40 Å². The zero-order valence-electron chi connectivity index (χ0n) is 9.57. The van der Waals surface area contributed by atoms with Crippen LogP contribution < -0.4 is 0 Å². The fourth-order valence-electron chi connectivity index (χ4n) is 1.21. The minimum Gasteiger partial charge on any atom is -0.591 e. The van der Waals surface area contributed by atoms with Crippen LogP contribution in [0.4, 0.5) is 4.39 Å². The molecule has 4 heteroatoms. The third-order valence-electron chi connectivity index (χ3n) is 2.17. The van der Waals surface area contributed by atoms with Gasteiger partial charge < -0.3 is 4.55 Å². The maximum atomic E-state index is 12.7. The molecule has 1 atom stereocenters. The lowest BCUT2D eigenvalue weighted by atomic mass is 10.1. The van der Waals surface area contributed by atoms with Crippen molar-refractivity contribution in [2.75, 3.05) is 5.75 Å². The van der Waals surface area contributed by atoms with E-state index in [4.69, 9.17) is 0 Å². The average Bonchev–Trinajstić information content (AvgIpc) is 2.27. The van der Waals surface area contributed by atoms with Crippen LogP contribution >= 0.6 is 0 Å². The molecule has 1 unspecified atom stereocenters. The lowest BCUT2D eigenvalue weighted by molar-refractivity contribution is 0.593. The van der Waals surface area contributed by atoms with E-state index in [0.29, 0.717) is 11.5 Å². The summed E-state index contributed by atoms with van der Waals surface area (Å²) in [4.78, 5) is 0. The normalized spacial score (nSPS) is 13.9. The van der Waals surface area contributed by atoms with Crippen LogP contribution in [0.3, 0.4) is 0 Å². The average molecular weight is 241 g/mol. The summed E-state index contributed by atoms with van der Waals surface area (Å²) >= 11 is -1.16. The zero-order chi connectivity index (χ0) is 12.0. The number of hydrogen-bond donors (Lipinski definition) is 0. The second kappa shape index (κ2) is 6.66. The van der Waals surface area contributed by atoms with Crippen molar-refractivity contribution in [2.45, 2.75) is 26.7 Å². The van der Waals surface area contributed by atoms with Crippen LogP contribution in [0.1, 0.15) is 32.3 Å². The Labute approximate surface area is 98.9 Å². The molecule has 1 aromatic rings. The van der Waals surface area contributed by atoms with Crippen LogP contribution in [0.25, 0.3) is 0 Å². The number of unbranched alkanes of at least 4 members (excludes halogenated alkanes) is 1. The van der Waals surface area contributed by atoms with Crippen LogP contribution in [0, 0.1) is 5.82 Å². The summed E-state index contributed by atoms with van der Waals surface area (Å²) in [5, 5.41) is 0. The van der Waals surface area contributed by atoms with Crippen LogP contribution in [-0.4, -0.2) is 16.0 Å². The Balaban J connectivity index is 2.65. The minimum absolute atomic E-state index is 0.274. The molecule has 0 aliphatic carbocycles. The second-order valence-electron chi connectivity index (χ2n) is 3.56. The number of benzene rings is 1. The monoisotopic (exact) mass is 241 g/mol. The fraction of sp³-hybridized carbons (Fsp3) is 0.417. The lowest BCUT2D eigenvalue weighted by Crippen LogP contribution is -2.06. The largest absolute Gasteiger partial charge is 0.591 e. The summed E-state index contributed by atoms with van der Waals surface area (Å²) < 4.78 is 28.3. The first-order chi connectivity index (χ1) is 7.63. The Morgan fingerprint density at radius 3 is 2.56 bits per heavy atom. The van der Waals surface area contributed by atoms with Gasteiger partial charge in [-0.3, -0.25) is 0 Å². The lowest BCUT2D eigenvalue weighted by Gasteiger charge is -2.04. The minimum atomic E-state index is -1.16. The molecule has 0 saturated carbocycles. The highest BCUT2D eigenvalue weighted by Crippen LogP contribution is 2.07. The maximum Gasteiger partial charge on any atom is 0.133 e.